The quantitative estimate of drug-likeness (QED) is 0.928. The summed E-state index contributed by atoms with van der Waals surface area (Å²) in [6, 6.07) is 4.94. The molecule has 1 aliphatic heterocycles. The summed E-state index contributed by atoms with van der Waals surface area (Å²) in [4.78, 5) is 29.6. The fourth-order valence-corrected chi connectivity index (χ4v) is 2.07. The first-order chi connectivity index (χ1) is 10.0. The summed E-state index contributed by atoms with van der Waals surface area (Å²) in [5, 5.41) is 2.50. The minimum Gasteiger partial charge on any atom is -0.354 e. The molecule has 0 aromatic carbocycles. The lowest BCUT2D eigenvalue weighted by atomic mass is 9.88. The Morgan fingerprint density at radius 3 is 2.33 bits per heavy atom. The third-order valence-corrected chi connectivity index (χ3v) is 3.57. The van der Waals surface area contributed by atoms with Crippen molar-refractivity contribution in [3.63, 3.8) is 0 Å². The molecule has 5 heteroatoms. The molecule has 1 fully saturated rings. The van der Waals surface area contributed by atoms with Crippen LogP contribution in [0, 0.1) is 11.8 Å². The summed E-state index contributed by atoms with van der Waals surface area (Å²) in [5.74, 6) is 0.793. The van der Waals surface area contributed by atoms with Gasteiger partial charge in [0.25, 0.3) is 11.8 Å². The number of pyridine rings is 1. The van der Waals surface area contributed by atoms with Crippen molar-refractivity contribution in [1.29, 1.82) is 0 Å². The van der Waals surface area contributed by atoms with Crippen molar-refractivity contribution in [3.05, 3.63) is 29.6 Å². The molecule has 5 nitrogen and oxygen atoms in total. The molecule has 0 radical (unpaired) electrons. The largest absolute Gasteiger partial charge is 0.354 e. The molecule has 0 atom stereocenters. The van der Waals surface area contributed by atoms with E-state index in [1.54, 1.807) is 30.1 Å². The lowest BCUT2D eigenvalue weighted by Crippen LogP contribution is -2.52. The number of nitrogens with one attached hydrogen (secondary N) is 1. The lowest BCUT2D eigenvalue weighted by molar-refractivity contribution is 0.0401. The van der Waals surface area contributed by atoms with E-state index in [1.165, 1.54) is 0 Å². The van der Waals surface area contributed by atoms with Crippen molar-refractivity contribution in [2.45, 2.75) is 27.7 Å². The number of carbonyl (C=O) groups excluding carboxylic acids is 2. The van der Waals surface area contributed by atoms with Crippen LogP contribution < -0.4 is 5.32 Å². The first-order valence-corrected chi connectivity index (χ1v) is 7.51. The Hall–Kier alpha value is -1.91. The molecule has 2 rings (SSSR count). The number of rotatable bonds is 3. The Morgan fingerprint density at radius 2 is 1.81 bits per heavy atom. The van der Waals surface area contributed by atoms with Gasteiger partial charge < -0.3 is 10.2 Å². The van der Waals surface area contributed by atoms with E-state index in [0.29, 0.717) is 17.5 Å². The van der Waals surface area contributed by atoms with E-state index in [9.17, 15) is 9.59 Å². The van der Waals surface area contributed by atoms with E-state index in [4.69, 9.17) is 0 Å². The number of hydrogen-bond donors (Lipinski definition) is 1. The van der Waals surface area contributed by atoms with Gasteiger partial charge in [-0.05, 0) is 24.0 Å². The Kier molecular flexibility index (Phi) is 6.34. The van der Waals surface area contributed by atoms with Gasteiger partial charge in [0.2, 0.25) is 0 Å². The Balaban J connectivity index is 0.00000106. The maximum absolute atomic E-state index is 12.2. The molecule has 1 N–H and O–H groups in total. The summed E-state index contributed by atoms with van der Waals surface area (Å²) in [6.07, 6.45) is 0. The fraction of sp³-hybridized carbons (Fsp3) is 0.562. The summed E-state index contributed by atoms with van der Waals surface area (Å²) >= 11 is 0. The van der Waals surface area contributed by atoms with E-state index in [1.807, 2.05) is 13.8 Å². The van der Waals surface area contributed by atoms with Crippen LogP contribution in [-0.2, 0) is 0 Å². The summed E-state index contributed by atoms with van der Waals surface area (Å²) < 4.78 is 0. The average Bonchev–Trinajstić information content (AvgIpc) is 2.46. The number of amides is 2. The van der Waals surface area contributed by atoms with Gasteiger partial charge in [-0.2, -0.15) is 0 Å². The van der Waals surface area contributed by atoms with Gasteiger partial charge >= 0.3 is 0 Å². The summed E-state index contributed by atoms with van der Waals surface area (Å²) in [6.45, 7) is 9.89. The van der Waals surface area contributed by atoms with Gasteiger partial charge in [0, 0.05) is 20.1 Å². The van der Waals surface area contributed by atoms with Crippen molar-refractivity contribution < 1.29 is 9.59 Å². The molecule has 0 aliphatic carbocycles. The maximum Gasteiger partial charge on any atom is 0.272 e. The van der Waals surface area contributed by atoms with Gasteiger partial charge in [-0.1, -0.05) is 33.8 Å². The minimum atomic E-state index is -0.279. The highest BCUT2D eigenvalue weighted by Crippen LogP contribution is 2.24. The van der Waals surface area contributed by atoms with E-state index >= 15 is 0 Å². The minimum absolute atomic E-state index is 0.0948. The predicted octanol–water partition coefficient (Wildman–Crippen LogP) is 2.20. The van der Waals surface area contributed by atoms with Crippen molar-refractivity contribution in [2.75, 3.05) is 20.1 Å². The van der Waals surface area contributed by atoms with Crippen molar-refractivity contribution >= 4 is 11.8 Å². The second kappa shape index (κ2) is 7.76. The normalized spacial score (nSPS) is 14.1. The molecular weight excluding hydrogens is 266 g/mol. The summed E-state index contributed by atoms with van der Waals surface area (Å²) in [7, 11) is 1.54. The van der Waals surface area contributed by atoms with Crippen LogP contribution in [0.1, 0.15) is 48.7 Å². The molecular formula is C16H25N3O2. The van der Waals surface area contributed by atoms with E-state index in [-0.39, 0.29) is 17.5 Å². The monoisotopic (exact) mass is 291 g/mol. The van der Waals surface area contributed by atoms with Crippen LogP contribution in [0.4, 0.5) is 0 Å². The van der Waals surface area contributed by atoms with Crippen molar-refractivity contribution in [1.82, 2.24) is 15.2 Å². The van der Waals surface area contributed by atoms with Crippen LogP contribution in [0.25, 0.3) is 0 Å². The molecule has 1 aromatic rings. The van der Waals surface area contributed by atoms with Gasteiger partial charge in [0.1, 0.15) is 11.4 Å². The van der Waals surface area contributed by atoms with Gasteiger partial charge in [-0.15, -0.1) is 0 Å². The van der Waals surface area contributed by atoms with E-state index < -0.39 is 0 Å². The molecule has 2 amide bonds. The highest BCUT2D eigenvalue weighted by molar-refractivity contribution is 5.96. The molecule has 2 heterocycles. The van der Waals surface area contributed by atoms with Crippen LogP contribution in [0.3, 0.4) is 0 Å². The lowest BCUT2D eigenvalue weighted by Gasteiger charge is -2.41. The maximum atomic E-state index is 12.2. The van der Waals surface area contributed by atoms with E-state index in [2.05, 4.69) is 24.1 Å². The molecule has 21 heavy (non-hydrogen) atoms. The highest BCUT2D eigenvalue weighted by Gasteiger charge is 2.33. The first-order valence-electron chi connectivity index (χ1n) is 7.51. The molecule has 116 valence electrons. The Labute approximate surface area is 126 Å². The van der Waals surface area contributed by atoms with Gasteiger partial charge in [0.05, 0.1) is 0 Å². The Morgan fingerprint density at radius 1 is 1.24 bits per heavy atom. The van der Waals surface area contributed by atoms with Gasteiger partial charge in [-0.3, -0.25) is 9.59 Å². The fourth-order valence-electron chi connectivity index (χ4n) is 2.07. The number of hydrogen-bond acceptors (Lipinski definition) is 3. The average molecular weight is 291 g/mol. The zero-order valence-electron chi connectivity index (χ0n) is 13.5. The third-order valence-electron chi connectivity index (χ3n) is 3.57. The predicted molar refractivity (Wildman–Crippen MR) is 83.2 cm³/mol. The Bertz CT molecular complexity index is 494. The number of aromatic nitrogens is 1. The smallest absolute Gasteiger partial charge is 0.272 e. The van der Waals surface area contributed by atoms with Crippen molar-refractivity contribution in [3.8, 4) is 0 Å². The van der Waals surface area contributed by atoms with Crippen LogP contribution >= 0.6 is 0 Å². The molecule has 1 saturated heterocycles. The number of likely N-dealkylation sites (tertiary alicyclic amines) is 1. The van der Waals surface area contributed by atoms with Crippen molar-refractivity contribution in [2.24, 2.45) is 11.8 Å². The van der Waals surface area contributed by atoms with E-state index in [0.717, 1.165) is 13.1 Å². The SMILES string of the molecule is CC.CNC(=O)c1cccc(C(=O)N2CC(C(C)C)C2)n1. The van der Waals surface area contributed by atoms with Crippen LogP contribution in [0.2, 0.25) is 0 Å². The third kappa shape index (κ3) is 4.03. The standard InChI is InChI=1S/C14H19N3O2.C2H6/c1-9(2)10-7-17(8-10)14(19)12-6-4-5-11(16-12)13(18)15-3;1-2/h4-6,9-10H,7-8H2,1-3H3,(H,15,18);1-2H3. The second-order valence-corrected chi connectivity index (χ2v) is 5.20. The van der Waals surface area contributed by atoms with Gasteiger partial charge in [-0.25, -0.2) is 4.98 Å². The molecule has 1 aliphatic rings. The second-order valence-electron chi connectivity index (χ2n) is 5.20. The zero-order chi connectivity index (χ0) is 16.0. The van der Waals surface area contributed by atoms with Crippen LogP contribution in [0.5, 0.6) is 0 Å². The molecule has 0 bridgehead atoms. The van der Waals surface area contributed by atoms with Crippen LogP contribution in [0.15, 0.2) is 18.2 Å². The van der Waals surface area contributed by atoms with Gasteiger partial charge in [0.15, 0.2) is 0 Å². The molecule has 0 spiro atoms. The molecule has 0 saturated carbocycles. The number of nitrogens with zero attached hydrogens (tertiary/aromatic N) is 2. The zero-order valence-corrected chi connectivity index (χ0v) is 13.5. The first kappa shape index (κ1) is 17.1. The highest BCUT2D eigenvalue weighted by atomic mass is 16.2. The molecule has 0 unspecified atom stereocenters. The number of carbonyl (C=O) groups is 2. The van der Waals surface area contributed by atoms with Crippen LogP contribution in [-0.4, -0.2) is 41.8 Å². The summed E-state index contributed by atoms with van der Waals surface area (Å²) in [5.41, 5.74) is 0.609. The topological polar surface area (TPSA) is 62.3 Å². The molecule has 1 aromatic heterocycles.